The molecule has 7 nitrogen and oxygen atoms in total. The summed E-state index contributed by atoms with van der Waals surface area (Å²) in [4.78, 5) is 11.1. The van der Waals surface area contributed by atoms with E-state index in [0.717, 1.165) is 0 Å². The van der Waals surface area contributed by atoms with Gasteiger partial charge in [0.05, 0.1) is 6.61 Å². The van der Waals surface area contributed by atoms with E-state index >= 15 is 0 Å². The number of aliphatic hydroxyl groups excluding tert-OH is 4. The highest BCUT2D eigenvalue weighted by atomic mass is 16.6. The van der Waals surface area contributed by atoms with E-state index in [2.05, 4.69) is 5.32 Å². The number of hydrogen-bond acceptors (Lipinski definition) is 6. The lowest BCUT2D eigenvalue weighted by Crippen LogP contribution is -2.64. The van der Waals surface area contributed by atoms with Crippen molar-refractivity contribution >= 4 is 5.91 Å². The van der Waals surface area contributed by atoms with Gasteiger partial charge in [0.1, 0.15) is 24.4 Å². The van der Waals surface area contributed by atoms with Crippen molar-refractivity contribution in [1.82, 2.24) is 5.32 Å². The normalized spacial score (nSPS) is 39.4. The second kappa shape index (κ2) is 5.55. The minimum Gasteiger partial charge on any atom is -0.394 e. The van der Waals surface area contributed by atoms with Gasteiger partial charge in [-0.25, -0.2) is 0 Å². The van der Waals surface area contributed by atoms with Crippen LogP contribution in [0, 0.1) is 0 Å². The molecule has 94 valence electrons. The SMILES string of the molecule is CCC(=O)N[C@@H]1C(O)O[C@H](CO)[C@@H](O)[C@@H]1O. The first kappa shape index (κ1) is 13.3. The molecule has 0 saturated carbocycles. The Morgan fingerprint density at radius 1 is 1.31 bits per heavy atom. The molecule has 7 heteroatoms. The van der Waals surface area contributed by atoms with Crippen LogP contribution in [-0.2, 0) is 9.53 Å². The Morgan fingerprint density at radius 2 is 1.94 bits per heavy atom. The number of amides is 1. The van der Waals surface area contributed by atoms with E-state index in [-0.39, 0.29) is 12.3 Å². The summed E-state index contributed by atoms with van der Waals surface area (Å²) in [5.41, 5.74) is 0. The minimum absolute atomic E-state index is 0.190. The molecule has 0 radical (unpaired) electrons. The van der Waals surface area contributed by atoms with Crippen LogP contribution >= 0.6 is 0 Å². The Labute approximate surface area is 92.7 Å². The average Bonchev–Trinajstić information content (AvgIpc) is 2.28. The Morgan fingerprint density at radius 3 is 2.44 bits per heavy atom. The number of carbonyl (C=O) groups excluding carboxylic acids is 1. The molecule has 0 bridgehead atoms. The largest absolute Gasteiger partial charge is 0.394 e. The Bertz CT molecular complexity index is 248. The molecule has 1 fully saturated rings. The zero-order valence-electron chi connectivity index (χ0n) is 8.91. The van der Waals surface area contributed by atoms with E-state index < -0.39 is 37.3 Å². The zero-order valence-corrected chi connectivity index (χ0v) is 8.91. The number of nitrogens with one attached hydrogen (secondary N) is 1. The van der Waals surface area contributed by atoms with Crippen LogP contribution in [0.1, 0.15) is 13.3 Å². The van der Waals surface area contributed by atoms with Gasteiger partial charge in [0, 0.05) is 6.42 Å². The highest BCUT2D eigenvalue weighted by molar-refractivity contribution is 5.76. The molecule has 5 N–H and O–H groups in total. The quantitative estimate of drug-likeness (QED) is 0.363. The third-order valence-corrected chi connectivity index (χ3v) is 2.55. The molecule has 1 aliphatic heterocycles. The molecule has 0 aromatic heterocycles. The van der Waals surface area contributed by atoms with E-state index in [0.29, 0.717) is 0 Å². The first-order valence-corrected chi connectivity index (χ1v) is 5.11. The van der Waals surface area contributed by atoms with Crippen LogP contribution < -0.4 is 5.32 Å². The van der Waals surface area contributed by atoms with Gasteiger partial charge >= 0.3 is 0 Å². The Hall–Kier alpha value is -0.730. The number of carbonyl (C=O) groups is 1. The van der Waals surface area contributed by atoms with Crippen LogP contribution in [0.2, 0.25) is 0 Å². The summed E-state index contributed by atoms with van der Waals surface area (Å²) in [5.74, 6) is -0.374. The van der Waals surface area contributed by atoms with Gasteiger partial charge in [-0.3, -0.25) is 4.79 Å². The summed E-state index contributed by atoms with van der Waals surface area (Å²) < 4.78 is 4.86. The summed E-state index contributed by atoms with van der Waals surface area (Å²) >= 11 is 0. The average molecular weight is 235 g/mol. The summed E-state index contributed by atoms with van der Waals surface area (Å²) in [5, 5.41) is 39.8. The molecule has 0 spiro atoms. The zero-order chi connectivity index (χ0) is 12.3. The Balaban J connectivity index is 2.67. The van der Waals surface area contributed by atoms with Gasteiger partial charge in [0.15, 0.2) is 6.29 Å². The fraction of sp³-hybridized carbons (Fsp3) is 0.889. The van der Waals surface area contributed by atoms with Crippen molar-refractivity contribution in [3.63, 3.8) is 0 Å². The van der Waals surface area contributed by atoms with Crippen LogP contribution in [0.25, 0.3) is 0 Å². The van der Waals surface area contributed by atoms with E-state index in [4.69, 9.17) is 9.84 Å². The topological polar surface area (TPSA) is 119 Å². The van der Waals surface area contributed by atoms with E-state index in [9.17, 15) is 20.1 Å². The molecule has 1 saturated heterocycles. The van der Waals surface area contributed by atoms with E-state index in [1.165, 1.54) is 0 Å². The predicted molar refractivity (Wildman–Crippen MR) is 52.2 cm³/mol. The maximum Gasteiger partial charge on any atom is 0.220 e. The van der Waals surface area contributed by atoms with E-state index in [1.54, 1.807) is 6.92 Å². The van der Waals surface area contributed by atoms with Crippen LogP contribution in [0.3, 0.4) is 0 Å². The number of ether oxygens (including phenoxy) is 1. The van der Waals surface area contributed by atoms with Crippen LogP contribution in [0.15, 0.2) is 0 Å². The van der Waals surface area contributed by atoms with Crippen LogP contribution in [0.5, 0.6) is 0 Å². The molecule has 16 heavy (non-hydrogen) atoms. The standard InChI is InChI=1S/C9H17NO6/c1-2-5(12)10-6-8(14)7(13)4(3-11)16-9(6)15/h4,6-9,11,13-15H,2-3H2,1H3,(H,10,12)/t4-,6+,7-,8-,9?/m1/s1. The highest BCUT2D eigenvalue weighted by Crippen LogP contribution is 2.19. The molecule has 5 atom stereocenters. The molecular formula is C9H17NO6. The van der Waals surface area contributed by atoms with Gasteiger partial charge in [-0.05, 0) is 0 Å². The summed E-state index contributed by atoms with van der Waals surface area (Å²) in [6.07, 6.45) is -5.05. The van der Waals surface area contributed by atoms with Gasteiger partial charge in [-0.2, -0.15) is 0 Å². The number of hydrogen-bond donors (Lipinski definition) is 5. The second-order valence-corrected chi connectivity index (χ2v) is 3.68. The highest BCUT2D eigenvalue weighted by Gasteiger charge is 2.44. The molecule has 1 heterocycles. The monoisotopic (exact) mass is 235 g/mol. The maximum absolute atomic E-state index is 11.1. The van der Waals surface area contributed by atoms with Crippen molar-refractivity contribution in [2.45, 2.75) is 44.0 Å². The van der Waals surface area contributed by atoms with Crippen LogP contribution in [0.4, 0.5) is 0 Å². The van der Waals surface area contributed by atoms with Gasteiger partial charge in [0.2, 0.25) is 5.91 Å². The summed E-state index contributed by atoms with van der Waals surface area (Å²) in [6.45, 7) is 1.09. The molecule has 1 aliphatic rings. The minimum atomic E-state index is -1.45. The van der Waals surface area contributed by atoms with Gasteiger partial charge in [-0.1, -0.05) is 6.92 Å². The number of aliphatic hydroxyl groups is 4. The lowest BCUT2D eigenvalue weighted by Gasteiger charge is -2.40. The third kappa shape index (κ3) is 2.69. The molecule has 1 unspecified atom stereocenters. The van der Waals surface area contributed by atoms with Gasteiger partial charge < -0.3 is 30.5 Å². The molecule has 0 aromatic carbocycles. The van der Waals surface area contributed by atoms with Crippen LogP contribution in [-0.4, -0.2) is 63.6 Å². The third-order valence-electron chi connectivity index (χ3n) is 2.55. The fourth-order valence-corrected chi connectivity index (χ4v) is 1.54. The van der Waals surface area contributed by atoms with Crippen molar-refractivity contribution in [2.24, 2.45) is 0 Å². The van der Waals surface area contributed by atoms with Gasteiger partial charge in [-0.15, -0.1) is 0 Å². The molecule has 0 aliphatic carbocycles. The fourth-order valence-electron chi connectivity index (χ4n) is 1.54. The lowest BCUT2D eigenvalue weighted by molar-refractivity contribution is -0.253. The van der Waals surface area contributed by atoms with Crippen molar-refractivity contribution < 1.29 is 30.0 Å². The van der Waals surface area contributed by atoms with E-state index in [1.807, 2.05) is 0 Å². The maximum atomic E-state index is 11.1. The molecule has 1 rings (SSSR count). The molecule has 0 aromatic rings. The first-order valence-electron chi connectivity index (χ1n) is 5.11. The Kier molecular flexibility index (Phi) is 4.63. The van der Waals surface area contributed by atoms with Gasteiger partial charge in [0.25, 0.3) is 0 Å². The summed E-state index contributed by atoms with van der Waals surface area (Å²) in [6, 6.07) is -1.09. The number of rotatable bonds is 3. The van der Waals surface area contributed by atoms with Crippen molar-refractivity contribution in [3.8, 4) is 0 Å². The second-order valence-electron chi connectivity index (χ2n) is 3.68. The van der Waals surface area contributed by atoms with Crippen molar-refractivity contribution in [2.75, 3.05) is 6.61 Å². The lowest BCUT2D eigenvalue weighted by atomic mass is 9.97. The summed E-state index contributed by atoms with van der Waals surface area (Å²) in [7, 11) is 0. The predicted octanol–water partition coefficient (Wildman–Crippen LogP) is -2.69. The molecular weight excluding hydrogens is 218 g/mol. The van der Waals surface area contributed by atoms with Crippen molar-refractivity contribution in [1.29, 1.82) is 0 Å². The molecule has 1 amide bonds. The van der Waals surface area contributed by atoms with Crippen molar-refractivity contribution in [3.05, 3.63) is 0 Å². The smallest absolute Gasteiger partial charge is 0.220 e. The first-order chi connectivity index (χ1) is 7.51.